The van der Waals surface area contributed by atoms with Gasteiger partial charge in [0.15, 0.2) is 0 Å². The third-order valence-corrected chi connectivity index (χ3v) is 3.31. The van der Waals surface area contributed by atoms with Crippen LogP contribution in [0.4, 0.5) is 0 Å². The van der Waals surface area contributed by atoms with Crippen LogP contribution in [0, 0.1) is 0 Å². The fourth-order valence-corrected chi connectivity index (χ4v) is 2.19. The van der Waals surface area contributed by atoms with Crippen LogP contribution in [0.2, 0.25) is 0 Å². The lowest BCUT2D eigenvalue weighted by Gasteiger charge is -2.34. The van der Waals surface area contributed by atoms with E-state index in [0.717, 1.165) is 12.8 Å². The second kappa shape index (κ2) is 5.91. The second-order valence-electron chi connectivity index (χ2n) is 4.24. The van der Waals surface area contributed by atoms with E-state index in [1.54, 1.807) is 12.2 Å². The van der Waals surface area contributed by atoms with Crippen LogP contribution in [0.1, 0.15) is 32.6 Å². The smallest absolute Gasteiger partial charge is 0.246 e. The van der Waals surface area contributed by atoms with E-state index in [4.69, 9.17) is 0 Å². The average Bonchev–Trinajstić information content (AvgIpc) is 2.28. The summed E-state index contributed by atoms with van der Waals surface area (Å²) in [6.07, 6.45) is 8.03. The summed E-state index contributed by atoms with van der Waals surface area (Å²) in [5.74, 6) is 0.130. The first-order valence-corrected chi connectivity index (χ1v) is 5.75. The van der Waals surface area contributed by atoms with Crippen LogP contribution in [-0.4, -0.2) is 37.0 Å². The Morgan fingerprint density at radius 3 is 2.40 bits per heavy atom. The summed E-state index contributed by atoms with van der Waals surface area (Å²) in [6, 6.07) is 1.07. The quantitative estimate of drug-likeness (QED) is 0.717. The summed E-state index contributed by atoms with van der Waals surface area (Å²) < 4.78 is 0. The van der Waals surface area contributed by atoms with Crippen LogP contribution in [0.3, 0.4) is 0 Å². The number of hydrogen-bond acceptors (Lipinski definition) is 2. The monoisotopic (exact) mass is 210 g/mol. The zero-order valence-corrected chi connectivity index (χ0v) is 9.99. The van der Waals surface area contributed by atoms with Crippen molar-refractivity contribution in [2.75, 3.05) is 14.1 Å². The number of allylic oxidation sites excluding steroid dienone is 1. The van der Waals surface area contributed by atoms with Crippen LogP contribution in [-0.2, 0) is 4.79 Å². The third kappa shape index (κ3) is 3.34. The lowest BCUT2D eigenvalue weighted by Crippen LogP contribution is -2.41. The molecule has 0 heterocycles. The summed E-state index contributed by atoms with van der Waals surface area (Å²) in [6.45, 7) is 1.88. The Morgan fingerprint density at radius 2 is 1.93 bits per heavy atom. The molecule has 3 nitrogen and oxygen atoms in total. The highest BCUT2D eigenvalue weighted by Gasteiger charge is 2.24. The normalized spacial score (nSPS) is 26.9. The van der Waals surface area contributed by atoms with Crippen LogP contribution >= 0.6 is 0 Å². The van der Waals surface area contributed by atoms with Gasteiger partial charge < -0.3 is 10.2 Å². The van der Waals surface area contributed by atoms with Gasteiger partial charge >= 0.3 is 0 Å². The van der Waals surface area contributed by atoms with Crippen molar-refractivity contribution in [3.8, 4) is 0 Å². The Kier molecular flexibility index (Phi) is 4.82. The van der Waals surface area contributed by atoms with Gasteiger partial charge in [-0.05, 0) is 45.7 Å². The average molecular weight is 210 g/mol. The summed E-state index contributed by atoms with van der Waals surface area (Å²) in [7, 11) is 3.92. The van der Waals surface area contributed by atoms with Gasteiger partial charge in [0.1, 0.15) is 0 Å². The minimum absolute atomic E-state index is 0.130. The van der Waals surface area contributed by atoms with Gasteiger partial charge in [-0.1, -0.05) is 6.08 Å². The van der Waals surface area contributed by atoms with Crippen molar-refractivity contribution in [1.29, 1.82) is 0 Å². The van der Waals surface area contributed by atoms with Gasteiger partial charge in [-0.15, -0.1) is 0 Å². The Bertz CT molecular complexity index is 230. The zero-order chi connectivity index (χ0) is 11.3. The predicted molar refractivity (Wildman–Crippen MR) is 62.7 cm³/mol. The van der Waals surface area contributed by atoms with Gasteiger partial charge in [0.05, 0.1) is 0 Å². The summed E-state index contributed by atoms with van der Waals surface area (Å²) in [5.41, 5.74) is 0. The highest BCUT2D eigenvalue weighted by Crippen LogP contribution is 2.22. The third-order valence-electron chi connectivity index (χ3n) is 3.31. The number of amides is 1. The number of carbonyl (C=O) groups is 1. The van der Waals surface area contributed by atoms with E-state index in [1.807, 2.05) is 25.9 Å². The molecule has 1 amide bonds. The standard InChI is InChI=1S/C12H22N2O/c1-4-5-12(15)14(3)11-8-6-10(13-2)7-9-11/h4-5,10-11,13H,6-9H2,1-3H3. The highest BCUT2D eigenvalue weighted by molar-refractivity contribution is 5.87. The Hall–Kier alpha value is -0.830. The second-order valence-corrected chi connectivity index (χ2v) is 4.24. The van der Waals surface area contributed by atoms with Crippen molar-refractivity contribution in [2.24, 2.45) is 0 Å². The lowest BCUT2D eigenvalue weighted by molar-refractivity contribution is -0.127. The predicted octanol–water partition coefficient (Wildman–Crippen LogP) is 1.55. The number of nitrogens with one attached hydrogen (secondary N) is 1. The Labute approximate surface area is 92.5 Å². The van der Waals surface area contributed by atoms with Crippen molar-refractivity contribution < 1.29 is 4.79 Å². The molecule has 1 aliphatic rings. The molecule has 0 atom stereocenters. The number of hydrogen-bond donors (Lipinski definition) is 1. The molecule has 0 radical (unpaired) electrons. The summed E-state index contributed by atoms with van der Waals surface area (Å²) in [5, 5.41) is 3.30. The zero-order valence-electron chi connectivity index (χ0n) is 9.99. The van der Waals surface area contributed by atoms with Gasteiger partial charge in [-0.3, -0.25) is 4.79 Å². The Morgan fingerprint density at radius 1 is 1.33 bits per heavy atom. The highest BCUT2D eigenvalue weighted by atomic mass is 16.2. The first-order chi connectivity index (χ1) is 7.19. The molecule has 0 unspecified atom stereocenters. The first kappa shape index (κ1) is 12.2. The molecule has 0 aromatic carbocycles. The molecule has 1 aliphatic carbocycles. The van der Waals surface area contributed by atoms with Crippen molar-refractivity contribution in [3.63, 3.8) is 0 Å². The largest absolute Gasteiger partial charge is 0.339 e. The summed E-state index contributed by atoms with van der Waals surface area (Å²) in [4.78, 5) is 13.5. The van der Waals surface area contributed by atoms with E-state index < -0.39 is 0 Å². The van der Waals surface area contributed by atoms with E-state index >= 15 is 0 Å². The lowest BCUT2D eigenvalue weighted by atomic mass is 9.90. The van der Waals surface area contributed by atoms with Gasteiger partial charge in [0.2, 0.25) is 5.91 Å². The number of rotatable bonds is 3. The van der Waals surface area contributed by atoms with Crippen molar-refractivity contribution in [3.05, 3.63) is 12.2 Å². The van der Waals surface area contributed by atoms with Crippen molar-refractivity contribution >= 4 is 5.91 Å². The van der Waals surface area contributed by atoms with Gasteiger partial charge in [0, 0.05) is 19.1 Å². The number of carbonyl (C=O) groups excluding carboxylic acids is 1. The van der Waals surface area contributed by atoms with Gasteiger partial charge in [0.25, 0.3) is 0 Å². The molecule has 0 aliphatic heterocycles. The van der Waals surface area contributed by atoms with Crippen LogP contribution in [0.5, 0.6) is 0 Å². The number of likely N-dealkylation sites (N-methyl/N-ethyl adjacent to an activating group) is 1. The SMILES string of the molecule is CC=CC(=O)N(C)C1CCC(NC)CC1. The first-order valence-electron chi connectivity index (χ1n) is 5.75. The maximum atomic E-state index is 11.6. The molecule has 0 aromatic heterocycles. The fraction of sp³-hybridized carbons (Fsp3) is 0.750. The summed E-state index contributed by atoms with van der Waals surface area (Å²) >= 11 is 0. The molecular weight excluding hydrogens is 188 g/mol. The van der Waals surface area contributed by atoms with Gasteiger partial charge in [-0.2, -0.15) is 0 Å². The van der Waals surface area contributed by atoms with E-state index in [1.165, 1.54) is 12.8 Å². The molecule has 1 saturated carbocycles. The minimum atomic E-state index is 0.130. The van der Waals surface area contributed by atoms with Gasteiger partial charge in [-0.25, -0.2) is 0 Å². The number of nitrogens with zero attached hydrogens (tertiary/aromatic N) is 1. The van der Waals surface area contributed by atoms with E-state index in [2.05, 4.69) is 5.32 Å². The molecule has 0 spiro atoms. The van der Waals surface area contributed by atoms with Crippen molar-refractivity contribution in [2.45, 2.75) is 44.7 Å². The minimum Gasteiger partial charge on any atom is -0.339 e. The van der Waals surface area contributed by atoms with E-state index in [0.29, 0.717) is 12.1 Å². The maximum absolute atomic E-state index is 11.6. The molecule has 15 heavy (non-hydrogen) atoms. The molecule has 86 valence electrons. The molecule has 1 N–H and O–H groups in total. The van der Waals surface area contributed by atoms with Crippen LogP contribution in [0.25, 0.3) is 0 Å². The molecular formula is C12H22N2O. The molecule has 1 fully saturated rings. The van der Waals surface area contributed by atoms with E-state index in [-0.39, 0.29) is 5.91 Å². The molecule has 1 rings (SSSR count). The molecule has 0 aromatic rings. The van der Waals surface area contributed by atoms with Crippen LogP contribution < -0.4 is 5.32 Å². The van der Waals surface area contributed by atoms with E-state index in [9.17, 15) is 4.79 Å². The van der Waals surface area contributed by atoms with Crippen LogP contribution in [0.15, 0.2) is 12.2 Å². The molecule has 0 saturated heterocycles. The molecule has 0 bridgehead atoms. The van der Waals surface area contributed by atoms with Crippen molar-refractivity contribution in [1.82, 2.24) is 10.2 Å². The maximum Gasteiger partial charge on any atom is 0.246 e. The topological polar surface area (TPSA) is 32.3 Å². The fourth-order valence-electron chi connectivity index (χ4n) is 2.19. The Balaban J connectivity index is 2.42. The molecule has 3 heteroatoms.